The zero-order valence-corrected chi connectivity index (χ0v) is 15.4. The molecule has 24 heavy (non-hydrogen) atoms. The van der Waals surface area contributed by atoms with E-state index < -0.39 is 0 Å². The molecule has 3 rings (SSSR count). The molecule has 2 saturated heterocycles. The third kappa shape index (κ3) is 4.95. The molecule has 0 radical (unpaired) electrons. The van der Waals surface area contributed by atoms with E-state index in [1.165, 1.54) is 12.0 Å². The Morgan fingerprint density at radius 2 is 1.88 bits per heavy atom. The maximum atomic E-state index is 12.3. The second kappa shape index (κ2) is 9.40. The maximum Gasteiger partial charge on any atom is 0.223 e. The average Bonchev–Trinajstić information content (AvgIpc) is 2.61. The fraction of sp³-hybridized carbons (Fsp3) is 0.632. The Morgan fingerprint density at radius 3 is 2.54 bits per heavy atom. The van der Waals surface area contributed by atoms with Crippen LogP contribution in [0.1, 0.15) is 31.2 Å². The Labute approximate surface area is 152 Å². The van der Waals surface area contributed by atoms with Gasteiger partial charge in [0, 0.05) is 45.7 Å². The molecular formula is C19H30ClN3O. The number of carbonyl (C=O) groups excluding carboxylic acids is 1. The van der Waals surface area contributed by atoms with Crippen LogP contribution < -0.4 is 5.32 Å². The quantitative estimate of drug-likeness (QED) is 0.904. The molecule has 0 spiro atoms. The van der Waals surface area contributed by atoms with Crippen LogP contribution in [0.5, 0.6) is 0 Å². The fourth-order valence-corrected chi connectivity index (χ4v) is 3.96. The van der Waals surface area contributed by atoms with E-state index in [1.807, 2.05) is 4.90 Å². The van der Waals surface area contributed by atoms with Crippen LogP contribution in [-0.2, 0) is 4.79 Å². The number of halogens is 1. The molecule has 0 aliphatic carbocycles. The third-order valence-corrected chi connectivity index (χ3v) is 5.33. The number of nitrogens with zero attached hydrogens (tertiary/aromatic N) is 2. The second-order valence-electron chi connectivity index (χ2n) is 6.96. The van der Waals surface area contributed by atoms with Crippen molar-refractivity contribution >= 4 is 18.3 Å². The molecule has 0 aromatic heterocycles. The summed E-state index contributed by atoms with van der Waals surface area (Å²) in [5.74, 6) is 1.64. The zero-order valence-electron chi connectivity index (χ0n) is 14.6. The van der Waals surface area contributed by atoms with Gasteiger partial charge < -0.3 is 15.1 Å². The van der Waals surface area contributed by atoms with Crippen LogP contribution in [-0.4, -0.2) is 61.5 Å². The van der Waals surface area contributed by atoms with Gasteiger partial charge in [-0.3, -0.25) is 4.79 Å². The largest absolute Gasteiger partial charge is 0.340 e. The van der Waals surface area contributed by atoms with Crippen LogP contribution in [0.25, 0.3) is 0 Å². The molecular weight excluding hydrogens is 322 g/mol. The SMILES string of the molecule is CC1CN(CCC(=O)N2CCNCC2)CCC1c1ccccc1.Cl. The first kappa shape index (κ1) is 19.2. The monoisotopic (exact) mass is 351 g/mol. The van der Waals surface area contributed by atoms with E-state index in [0.717, 1.165) is 45.8 Å². The third-order valence-electron chi connectivity index (χ3n) is 5.33. The zero-order chi connectivity index (χ0) is 16.1. The molecule has 2 aliphatic heterocycles. The highest BCUT2D eigenvalue weighted by molar-refractivity contribution is 5.85. The number of piperazine rings is 1. The number of nitrogens with one attached hydrogen (secondary N) is 1. The number of benzene rings is 1. The molecule has 0 saturated carbocycles. The molecule has 2 fully saturated rings. The lowest BCUT2D eigenvalue weighted by Gasteiger charge is -2.37. The van der Waals surface area contributed by atoms with E-state index >= 15 is 0 Å². The van der Waals surface area contributed by atoms with Gasteiger partial charge in [0.05, 0.1) is 0 Å². The molecule has 2 unspecified atom stereocenters. The lowest BCUT2D eigenvalue weighted by Crippen LogP contribution is -2.47. The summed E-state index contributed by atoms with van der Waals surface area (Å²) in [6.45, 7) is 9.08. The summed E-state index contributed by atoms with van der Waals surface area (Å²) >= 11 is 0. The van der Waals surface area contributed by atoms with Crippen LogP contribution in [0.3, 0.4) is 0 Å². The van der Waals surface area contributed by atoms with Gasteiger partial charge in [-0.15, -0.1) is 12.4 Å². The Hall–Kier alpha value is -1.10. The number of hydrogen-bond donors (Lipinski definition) is 1. The molecule has 1 amide bonds. The fourth-order valence-electron chi connectivity index (χ4n) is 3.96. The lowest BCUT2D eigenvalue weighted by atomic mass is 9.81. The first-order chi connectivity index (χ1) is 11.2. The molecule has 2 atom stereocenters. The molecule has 134 valence electrons. The van der Waals surface area contributed by atoms with Crippen molar-refractivity contribution in [2.75, 3.05) is 45.8 Å². The van der Waals surface area contributed by atoms with E-state index in [2.05, 4.69) is 47.5 Å². The molecule has 5 heteroatoms. The van der Waals surface area contributed by atoms with Gasteiger partial charge in [0.25, 0.3) is 0 Å². The number of likely N-dealkylation sites (tertiary alicyclic amines) is 1. The molecule has 2 aliphatic rings. The van der Waals surface area contributed by atoms with Crippen molar-refractivity contribution in [3.63, 3.8) is 0 Å². The minimum atomic E-state index is 0. The van der Waals surface area contributed by atoms with E-state index in [-0.39, 0.29) is 12.4 Å². The van der Waals surface area contributed by atoms with Gasteiger partial charge in [-0.2, -0.15) is 0 Å². The van der Waals surface area contributed by atoms with Gasteiger partial charge in [0.1, 0.15) is 0 Å². The molecule has 1 aromatic carbocycles. The Morgan fingerprint density at radius 1 is 1.17 bits per heavy atom. The minimum Gasteiger partial charge on any atom is -0.340 e. The maximum absolute atomic E-state index is 12.3. The molecule has 1 N–H and O–H groups in total. The normalized spacial score (nSPS) is 25.1. The standard InChI is InChI=1S/C19H29N3O.ClH/c1-16-15-21(11-7-18(16)17-5-3-2-4-6-17)12-8-19(23)22-13-9-20-10-14-22;/h2-6,16,18,20H,7-15H2,1H3;1H. The molecule has 2 heterocycles. The van der Waals surface area contributed by atoms with Gasteiger partial charge in [0.15, 0.2) is 0 Å². The number of rotatable bonds is 4. The predicted molar refractivity (Wildman–Crippen MR) is 101 cm³/mol. The predicted octanol–water partition coefficient (Wildman–Crippen LogP) is 2.36. The summed E-state index contributed by atoms with van der Waals surface area (Å²) in [5, 5.41) is 3.30. The highest BCUT2D eigenvalue weighted by Gasteiger charge is 2.27. The summed E-state index contributed by atoms with van der Waals surface area (Å²) in [6, 6.07) is 10.9. The van der Waals surface area contributed by atoms with Crippen LogP contribution >= 0.6 is 12.4 Å². The van der Waals surface area contributed by atoms with E-state index in [1.54, 1.807) is 0 Å². The highest BCUT2D eigenvalue weighted by Crippen LogP contribution is 2.32. The Kier molecular flexibility index (Phi) is 7.53. The van der Waals surface area contributed by atoms with Crippen molar-refractivity contribution in [3.05, 3.63) is 35.9 Å². The number of carbonyl (C=O) groups is 1. The number of piperidine rings is 1. The van der Waals surface area contributed by atoms with Crippen molar-refractivity contribution in [1.82, 2.24) is 15.1 Å². The Balaban J connectivity index is 0.00000208. The molecule has 1 aromatic rings. The second-order valence-corrected chi connectivity index (χ2v) is 6.96. The van der Waals surface area contributed by atoms with Gasteiger partial charge in [-0.25, -0.2) is 0 Å². The topological polar surface area (TPSA) is 35.6 Å². The summed E-state index contributed by atoms with van der Waals surface area (Å²) in [4.78, 5) is 16.8. The summed E-state index contributed by atoms with van der Waals surface area (Å²) in [5.41, 5.74) is 1.47. The van der Waals surface area contributed by atoms with Gasteiger partial charge >= 0.3 is 0 Å². The van der Waals surface area contributed by atoms with Crippen molar-refractivity contribution in [3.8, 4) is 0 Å². The summed E-state index contributed by atoms with van der Waals surface area (Å²) < 4.78 is 0. The first-order valence-electron chi connectivity index (χ1n) is 9.00. The van der Waals surface area contributed by atoms with Crippen LogP contribution in [0.2, 0.25) is 0 Å². The highest BCUT2D eigenvalue weighted by atomic mass is 35.5. The van der Waals surface area contributed by atoms with Crippen molar-refractivity contribution in [2.45, 2.75) is 25.7 Å². The molecule has 0 bridgehead atoms. The van der Waals surface area contributed by atoms with Gasteiger partial charge in [-0.1, -0.05) is 37.3 Å². The van der Waals surface area contributed by atoms with Gasteiger partial charge in [0.2, 0.25) is 5.91 Å². The van der Waals surface area contributed by atoms with Crippen molar-refractivity contribution in [2.24, 2.45) is 5.92 Å². The van der Waals surface area contributed by atoms with E-state index in [0.29, 0.717) is 24.2 Å². The van der Waals surface area contributed by atoms with Gasteiger partial charge in [-0.05, 0) is 30.4 Å². The van der Waals surface area contributed by atoms with Crippen LogP contribution in [0, 0.1) is 5.92 Å². The average molecular weight is 352 g/mol. The summed E-state index contributed by atoms with van der Waals surface area (Å²) in [7, 11) is 0. The van der Waals surface area contributed by atoms with E-state index in [9.17, 15) is 4.79 Å². The number of hydrogen-bond acceptors (Lipinski definition) is 3. The first-order valence-corrected chi connectivity index (χ1v) is 9.00. The molecule has 4 nitrogen and oxygen atoms in total. The van der Waals surface area contributed by atoms with Crippen LogP contribution in [0.15, 0.2) is 30.3 Å². The van der Waals surface area contributed by atoms with Crippen LogP contribution in [0.4, 0.5) is 0 Å². The smallest absolute Gasteiger partial charge is 0.223 e. The lowest BCUT2D eigenvalue weighted by molar-refractivity contribution is -0.132. The van der Waals surface area contributed by atoms with Crippen molar-refractivity contribution < 1.29 is 4.79 Å². The van der Waals surface area contributed by atoms with Crippen molar-refractivity contribution in [1.29, 1.82) is 0 Å². The Bertz CT molecular complexity index is 505. The number of amides is 1. The van der Waals surface area contributed by atoms with E-state index in [4.69, 9.17) is 0 Å². The summed E-state index contributed by atoms with van der Waals surface area (Å²) in [6.07, 6.45) is 1.87. The minimum absolute atomic E-state index is 0.